The van der Waals surface area contributed by atoms with Gasteiger partial charge in [0.15, 0.2) is 11.8 Å². The molecule has 1 aromatic heterocycles. The first-order valence-corrected chi connectivity index (χ1v) is 9.99. The van der Waals surface area contributed by atoms with Gasteiger partial charge in [-0.2, -0.15) is 0 Å². The summed E-state index contributed by atoms with van der Waals surface area (Å²) in [5, 5.41) is 12.9. The summed E-state index contributed by atoms with van der Waals surface area (Å²) in [6.45, 7) is 5.42. The van der Waals surface area contributed by atoms with Crippen LogP contribution in [0.3, 0.4) is 0 Å². The van der Waals surface area contributed by atoms with Crippen molar-refractivity contribution in [2.75, 3.05) is 38.1 Å². The van der Waals surface area contributed by atoms with Crippen LogP contribution in [0, 0.1) is 0 Å². The summed E-state index contributed by atoms with van der Waals surface area (Å²) in [5.41, 5.74) is 1.18. The monoisotopic (exact) mass is 515 g/mol. The minimum atomic E-state index is 0. The van der Waals surface area contributed by atoms with Crippen LogP contribution in [0.2, 0.25) is 5.02 Å². The third-order valence-electron chi connectivity index (χ3n) is 5.31. The zero-order valence-corrected chi connectivity index (χ0v) is 19.2. The summed E-state index contributed by atoms with van der Waals surface area (Å²) in [6.07, 6.45) is 3.45. The number of hydrogen-bond acceptors (Lipinski definition) is 4. The molecule has 2 aliphatic heterocycles. The molecule has 1 saturated heterocycles. The average Bonchev–Trinajstić information content (AvgIpc) is 3.12. The first-order valence-electron chi connectivity index (χ1n) is 9.61. The van der Waals surface area contributed by atoms with Gasteiger partial charge in [-0.15, -0.1) is 34.2 Å². The number of aliphatic imine (C=N–C) groups is 1. The number of fused-ring (bicyclic) bond motifs is 1. The van der Waals surface area contributed by atoms with Crippen LogP contribution in [-0.4, -0.2) is 58.9 Å². The number of aromatic nitrogens is 3. The van der Waals surface area contributed by atoms with Gasteiger partial charge in [0, 0.05) is 56.9 Å². The van der Waals surface area contributed by atoms with Gasteiger partial charge in [0.1, 0.15) is 5.82 Å². The summed E-state index contributed by atoms with van der Waals surface area (Å²) >= 11 is 6.13. The van der Waals surface area contributed by atoms with Crippen LogP contribution < -0.4 is 10.2 Å². The molecule has 152 valence electrons. The van der Waals surface area contributed by atoms with Gasteiger partial charge in [0.25, 0.3) is 0 Å². The fraction of sp³-hybridized carbons (Fsp3) is 0.526. The number of piperazine rings is 1. The molecular weight excluding hydrogens is 489 g/mol. The van der Waals surface area contributed by atoms with Crippen LogP contribution in [0.5, 0.6) is 0 Å². The number of nitrogens with one attached hydrogen (secondary N) is 1. The fourth-order valence-corrected chi connectivity index (χ4v) is 4.02. The molecule has 0 atom stereocenters. The molecule has 28 heavy (non-hydrogen) atoms. The Hall–Kier alpha value is -1.55. The van der Waals surface area contributed by atoms with E-state index in [4.69, 9.17) is 11.6 Å². The Morgan fingerprint density at radius 2 is 1.96 bits per heavy atom. The lowest BCUT2D eigenvalue weighted by molar-refractivity contribution is 0.371. The molecule has 1 N–H and O–H groups in total. The van der Waals surface area contributed by atoms with Crippen molar-refractivity contribution in [2.45, 2.75) is 32.4 Å². The van der Waals surface area contributed by atoms with E-state index >= 15 is 0 Å². The maximum atomic E-state index is 6.13. The molecule has 2 aliphatic rings. The molecule has 1 aromatic carbocycles. The smallest absolute Gasteiger partial charge is 0.194 e. The van der Waals surface area contributed by atoms with Crippen molar-refractivity contribution >= 4 is 47.2 Å². The highest BCUT2D eigenvalue weighted by Crippen LogP contribution is 2.21. The number of guanidine groups is 1. The molecule has 9 heteroatoms. The number of hydrogen-bond donors (Lipinski definition) is 1. The van der Waals surface area contributed by atoms with Gasteiger partial charge in [0.2, 0.25) is 0 Å². The normalized spacial score (nSPS) is 17.1. The van der Waals surface area contributed by atoms with Gasteiger partial charge in [-0.1, -0.05) is 17.7 Å². The van der Waals surface area contributed by atoms with Crippen LogP contribution in [0.15, 0.2) is 29.3 Å². The first kappa shape index (κ1) is 21.2. The van der Waals surface area contributed by atoms with Crippen LogP contribution in [-0.2, 0) is 19.5 Å². The van der Waals surface area contributed by atoms with Crippen molar-refractivity contribution in [2.24, 2.45) is 4.99 Å². The standard InChI is InChI=1S/C19H26ClN7.HI/c1-21-19(22-14-18-24-23-17-7-2-3-8-27(17)18)26-11-9-25(10-12-26)16-6-4-5-15(20)13-16;/h4-6,13H,2-3,7-12,14H2,1H3,(H,21,22);1H. The maximum absolute atomic E-state index is 6.13. The summed E-state index contributed by atoms with van der Waals surface area (Å²) in [6, 6.07) is 8.06. The molecule has 0 bridgehead atoms. The van der Waals surface area contributed by atoms with E-state index in [-0.39, 0.29) is 24.0 Å². The van der Waals surface area contributed by atoms with Gasteiger partial charge >= 0.3 is 0 Å². The van der Waals surface area contributed by atoms with E-state index in [0.29, 0.717) is 6.54 Å². The van der Waals surface area contributed by atoms with Crippen LogP contribution in [0.25, 0.3) is 0 Å². The lowest BCUT2D eigenvalue weighted by Gasteiger charge is -2.37. The zero-order valence-electron chi connectivity index (χ0n) is 16.1. The lowest BCUT2D eigenvalue weighted by atomic mass is 10.2. The van der Waals surface area contributed by atoms with Crippen molar-refractivity contribution in [1.82, 2.24) is 25.0 Å². The molecular formula is C19H27ClIN7. The molecule has 0 amide bonds. The van der Waals surface area contributed by atoms with Crippen LogP contribution >= 0.6 is 35.6 Å². The Morgan fingerprint density at radius 3 is 2.71 bits per heavy atom. The Balaban J connectivity index is 0.00000225. The second kappa shape index (κ2) is 9.78. The van der Waals surface area contributed by atoms with Gasteiger partial charge in [-0.05, 0) is 31.0 Å². The molecule has 7 nitrogen and oxygen atoms in total. The second-order valence-corrected chi connectivity index (χ2v) is 7.43. The van der Waals surface area contributed by atoms with Crippen molar-refractivity contribution in [3.05, 3.63) is 40.9 Å². The third kappa shape index (κ3) is 4.71. The summed E-state index contributed by atoms with van der Waals surface area (Å²) < 4.78 is 2.25. The Labute approximate surface area is 188 Å². The van der Waals surface area contributed by atoms with Crippen LogP contribution in [0.1, 0.15) is 24.5 Å². The topological polar surface area (TPSA) is 61.6 Å². The molecule has 0 radical (unpaired) electrons. The molecule has 0 spiro atoms. The highest BCUT2D eigenvalue weighted by atomic mass is 127. The third-order valence-corrected chi connectivity index (χ3v) is 5.54. The van der Waals surface area contributed by atoms with Gasteiger partial charge in [-0.3, -0.25) is 4.99 Å². The number of halogens is 2. The molecule has 0 unspecified atom stereocenters. The highest BCUT2D eigenvalue weighted by molar-refractivity contribution is 14.0. The summed E-state index contributed by atoms with van der Waals surface area (Å²) in [5.74, 6) is 3.04. The number of nitrogens with zero attached hydrogens (tertiary/aromatic N) is 6. The van der Waals surface area contributed by atoms with E-state index in [1.54, 1.807) is 0 Å². The van der Waals surface area contributed by atoms with Crippen molar-refractivity contribution in [1.29, 1.82) is 0 Å². The molecule has 0 saturated carbocycles. The van der Waals surface area contributed by atoms with Crippen molar-refractivity contribution < 1.29 is 0 Å². The van der Waals surface area contributed by atoms with E-state index in [1.165, 1.54) is 18.5 Å². The number of aryl methyl sites for hydroxylation is 1. The second-order valence-electron chi connectivity index (χ2n) is 7.00. The van der Waals surface area contributed by atoms with Crippen LogP contribution in [0.4, 0.5) is 5.69 Å². The van der Waals surface area contributed by atoms with E-state index in [1.807, 2.05) is 25.2 Å². The quantitative estimate of drug-likeness (QED) is 0.387. The van der Waals surface area contributed by atoms with E-state index in [2.05, 4.69) is 40.9 Å². The SMILES string of the molecule is CN=C(NCc1nnc2n1CCCC2)N1CCN(c2cccc(Cl)c2)CC1.I. The molecule has 1 fully saturated rings. The minimum Gasteiger partial charge on any atom is -0.368 e. The van der Waals surface area contributed by atoms with Gasteiger partial charge < -0.3 is 19.7 Å². The number of benzene rings is 1. The largest absolute Gasteiger partial charge is 0.368 e. The van der Waals surface area contributed by atoms with E-state index < -0.39 is 0 Å². The molecule has 0 aliphatic carbocycles. The molecule has 2 aromatic rings. The summed E-state index contributed by atoms with van der Waals surface area (Å²) in [4.78, 5) is 9.14. The Morgan fingerprint density at radius 1 is 1.14 bits per heavy atom. The fourth-order valence-electron chi connectivity index (χ4n) is 3.84. The van der Waals surface area contributed by atoms with Gasteiger partial charge in [0.05, 0.1) is 6.54 Å². The number of anilines is 1. The maximum Gasteiger partial charge on any atom is 0.194 e. The van der Waals surface area contributed by atoms with E-state index in [9.17, 15) is 0 Å². The van der Waals surface area contributed by atoms with Crippen molar-refractivity contribution in [3.8, 4) is 0 Å². The predicted molar refractivity (Wildman–Crippen MR) is 124 cm³/mol. The first-order chi connectivity index (χ1) is 13.2. The molecule has 3 heterocycles. The number of rotatable bonds is 3. The molecule has 4 rings (SSSR count). The van der Waals surface area contributed by atoms with Gasteiger partial charge in [-0.25, -0.2) is 0 Å². The summed E-state index contributed by atoms with van der Waals surface area (Å²) in [7, 11) is 1.84. The highest BCUT2D eigenvalue weighted by Gasteiger charge is 2.21. The zero-order chi connectivity index (χ0) is 18.6. The Bertz CT molecular complexity index is 814. The predicted octanol–water partition coefficient (Wildman–Crippen LogP) is 2.78. The van der Waals surface area contributed by atoms with E-state index in [0.717, 1.165) is 61.8 Å². The van der Waals surface area contributed by atoms with Crippen molar-refractivity contribution in [3.63, 3.8) is 0 Å². The lowest BCUT2D eigenvalue weighted by Crippen LogP contribution is -2.52. The Kier molecular flexibility index (Phi) is 7.39. The average molecular weight is 516 g/mol. The minimum absolute atomic E-state index is 0.